The van der Waals surface area contributed by atoms with Crippen LogP contribution < -0.4 is 14.4 Å². The second-order valence-electron chi connectivity index (χ2n) is 6.81. The molecule has 3 rings (SSSR count). The fourth-order valence-electron chi connectivity index (χ4n) is 2.92. The number of hydrogen-bond donors (Lipinski definition) is 1. The molecule has 0 unspecified atom stereocenters. The smallest absolute Gasteiger partial charge is 0.264 e. The molecule has 6 nitrogen and oxygen atoms in total. The van der Waals surface area contributed by atoms with Crippen molar-refractivity contribution in [1.82, 2.24) is 0 Å². The molecule has 0 aliphatic heterocycles. The van der Waals surface area contributed by atoms with Gasteiger partial charge in [0.1, 0.15) is 12.3 Å². The Morgan fingerprint density at radius 1 is 1.03 bits per heavy atom. The molecular formula is C23H23BrN2O4S. The van der Waals surface area contributed by atoms with Crippen LogP contribution in [0.5, 0.6) is 5.75 Å². The minimum atomic E-state index is -3.96. The Morgan fingerprint density at radius 2 is 1.71 bits per heavy atom. The largest absolute Gasteiger partial charge is 0.494 e. The van der Waals surface area contributed by atoms with Gasteiger partial charge in [-0.25, -0.2) is 8.42 Å². The molecule has 0 aromatic heterocycles. The number of ether oxygens (including phenoxy) is 1. The molecule has 0 aliphatic rings. The molecule has 0 heterocycles. The van der Waals surface area contributed by atoms with E-state index in [1.54, 1.807) is 72.8 Å². The van der Waals surface area contributed by atoms with Gasteiger partial charge in [-0.1, -0.05) is 39.7 Å². The van der Waals surface area contributed by atoms with Crippen molar-refractivity contribution < 1.29 is 17.9 Å². The van der Waals surface area contributed by atoms with Gasteiger partial charge in [0, 0.05) is 16.2 Å². The molecule has 0 saturated carbocycles. The lowest BCUT2D eigenvalue weighted by molar-refractivity contribution is -0.114. The maximum atomic E-state index is 13.4. The Kier molecular flexibility index (Phi) is 7.35. The van der Waals surface area contributed by atoms with E-state index in [9.17, 15) is 13.2 Å². The quantitative estimate of drug-likeness (QED) is 0.470. The second-order valence-corrected chi connectivity index (χ2v) is 9.59. The molecule has 0 saturated heterocycles. The van der Waals surface area contributed by atoms with E-state index in [1.165, 1.54) is 0 Å². The average Bonchev–Trinajstić information content (AvgIpc) is 2.73. The number of rotatable bonds is 8. The zero-order valence-corrected chi connectivity index (χ0v) is 19.6. The molecule has 8 heteroatoms. The van der Waals surface area contributed by atoms with Gasteiger partial charge in [0.05, 0.1) is 17.2 Å². The third-order valence-electron chi connectivity index (χ3n) is 4.44. The fraction of sp³-hybridized carbons (Fsp3) is 0.174. The summed E-state index contributed by atoms with van der Waals surface area (Å²) in [4.78, 5) is 12.9. The Labute approximate surface area is 191 Å². The number of halogens is 1. The van der Waals surface area contributed by atoms with Gasteiger partial charge in [0.25, 0.3) is 10.0 Å². The van der Waals surface area contributed by atoms with Crippen molar-refractivity contribution in [2.24, 2.45) is 0 Å². The highest BCUT2D eigenvalue weighted by Crippen LogP contribution is 2.26. The molecule has 1 amide bonds. The van der Waals surface area contributed by atoms with E-state index in [2.05, 4.69) is 21.2 Å². The van der Waals surface area contributed by atoms with Gasteiger partial charge in [-0.3, -0.25) is 9.10 Å². The Morgan fingerprint density at radius 3 is 2.35 bits per heavy atom. The molecule has 0 bridgehead atoms. The van der Waals surface area contributed by atoms with Crippen LogP contribution in [0.15, 0.2) is 82.2 Å². The number of nitrogens with one attached hydrogen (secondary N) is 1. The van der Waals surface area contributed by atoms with Crippen molar-refractivity contribution in [1.29, 1.82) is 0 Å². The van der Waals surface area contributed by atoms with Crippen molar-refractivity contribution in [3.05, 3.63) is 82.8 Å². The highest BCUT2D eigenvalue weighted by molar-refractivity contribution is 9.10. The van der Waals surface area contributed by atoms with Gasteiger partial charge in [0.2, 0.25) is 5.91 Å². The molecule has 0 fully saturated rings. The van der Waals surface area contributed by atoms with Crippen LogP contribution in [0.1, 0.15) is 12.5 Å². The van der Waals surface area contributed by atoms with Gasteiger partial charge in [-0.2, -0.15) is 0 Å². The molecule has 3 aromatic carbocycles. The van der Waals surface area contributed by atoms with Crippen molar-refractivity contribution in [2.45, 2.75) is 18.7 Å². The molecule has 0 spiro atoms. The minimum absolute atomic E-state index is 0.118. The van der Waals surface area contributed by atoms with E-state index < -0.39 is 15.9 Å². The third kappa shape index (κ3) is 5.86. The SMILES string of the molecule is CCOc1cccc(NC(=O)CN(c2ccc(Br)cc2)S(=O)(=O)c2ccc(C)cc2)c1. The van der Waals surface area contributed by atoms with E-state index in [1.807, 2.05) is 13.8 Å². The monoisotopic (exact) mass is 502 g/mol. The first-order valence-corrected chi connectivity index (χ1v) is 11.9. The van der Waals surface area contributed by atoms with E-state index in [0.717, 1.165) is 14.3 Å². The van der Waals surface area contributed by atoms with Crippen LogP contribution >= 0.6 is 15.9 Å². The van der Waals surface area contributed by atoms with Gasteiger partial charge >= 0.3 is 0 Å². The molecule has 162 valence electrons. The van der Waals surface area contributed by atoms with Crippen LogP contribution in [0, 0.1) is 6.92 Å². The summed E-state index contributed by atoms with van der Waals surface area (Å²) in [6, 6.07) is 20.3. The summed E-state index contributed by atoms with van der Waals surface area (Å²) in [6.07, 6.45) is 0. The summed E-state index contributed by atoms with van der Waals surface area (Å²) in [6.45, 7) is 3.88. The zero-order valence-electron chi connectivity index (χ0n) is 17.2. The summed E-state index contributed by atoms with van der Waals surface area (Å²) in [5.41, 5.74) is 1.86. The molecule has 1 N–H and O–H groups in total. The molecule has 3 aromatic rings. The number of anilines is 2. The van der Waals surface area contributed by atoms with Crippen LogP contribution in [0.4, 0.5) is 11.4 Å². The summed E-state index contributed by atoms with van der Waals surface area (Å²) in [7, 11) is -3.96. The number of benzene rings is 3. The van der Waals surface area contributed by atoms with E-state index >= 15 is 0 Å². The highest BCUT2D eigenvalue weighted by Gasteiger charge is 2.27. The molecule has 31 heavy (non-hydrogen) atoms. The number of nitrogens with zero attached hydrogens (tertiary/aromatic N) is 1. The third-order valence-corrected chi connectivity index (χ3v) is 6.76. The summed E-state index contributed by atoms with van der Waals surface area (Å²) < 4.78 is 34.1. The number of carbonyl (C=O) groups is 1. The van der Waals surface area contributed by atoms with Crippen LogP contribution in [0.25, 0.3) is 0 Å². The predicted molar refractivity (Wildman–Crippen MR) is 126 cm³/mol. The minimum Gasteiger partial charge on any atom is -0.494 e. The summed E-state index contributed by atoms with van der Waals surface area (Å²) in [5.74, 6) is 0.157. The molecule has 0 radical (unpaired) electrons. The van der Waals surface area contributed by atoms with Gasteiger partial charge < -0.3 is 10.1 Å². The number of hydrogen-bond acceptors (Lipinski definition) is 4. The van der Waals surface area contributed by atoms with Crippen LogP contribution in [-0.4, -0.2) is 27.5 Å². The lowest BCUT2D eigenvalue weighted by Crippen LogP contribution is -2.38. The number of sulfonamides is 1. The summed E-state index contributed by atoms with van der Waals surface area (Å²) in [5, 5.41) is 2.75. The van der Waals surface area contributed by atoms with Gasteiger partial charge in [0.15, 0.2) is 0 Å². The first-order chi connectivity index (χ1) is 14.8. The van der Waals surface area contributed by atoms with Gasteiger partial charge in [-0.15, -0.1) is 0 Å². The second kappa shape index (κ2) is 9.98. The van der Waals surface area contributed by atoms with Crippen molar-refractivity contribution in [3.8, 4) is 5.75 Å². The molecule has 0 atom stereocenters. The Bertz CT molecular complexity index is 1150. The first kappa shape index (κ1) is 22.8. The highest BCUT2D eigenvalue weighted by atomic mass is 79.9. The number of amides is 1. The van der Waals surface area contributed by atoms with E-state index in [0.29, 0.717) is 23.7 Å². The van der Waals surface area contributed by atoms with E-state index in [4.69, 9.17) is 4.74 Å². The van der Waals surface area contributed by atoms with Crippen molar-refractivity contribution in [3.63, 3.8) is 0 Å². The molecule has 0 aliphatic carbocycles. The van der Waals surface area contributed by atoms with Gasteiger partial charge in [-0.05, 0) is 62.4 Å². The predicted octanol–water partition coefficient (Wildman–Crippen LogP) is 4.99. The van der Waals surface area contributed by atoms with Crippen molar-refractivity contribution in [2.75, 3.05) is 22.8 Å². The normalized spacial score (nSPS) is 11.1. The average molecular weight is 503 g/mol. The Hall–Kier alpha value is -2.84. The van der Waals surface area contributed by atoms with Crippen LogP contribution in [0.3, 0.4) is 0 Å². The van der Waals surface area contributed by atoms with E-state index in [-0.39, 0.29) is 11.4 Å². The Balaban J connectivity index is 1.90. The van der Waals surface area contributed by atoms with Crippen LogP contribution in [0.2, 0.25) is 0 Å². The fourth-order valence-corrected chi connectivity index (χ4v) is 4.61. The maximum Gasteiger partial charge on any atom is 0.264 e. The molecular weight excluding hydrogens is 480 g/mol. The summed E-state index contributed by atoms with van der Waals surface area (Å²) >= 11 is 3.35. The standard InChI is InChI=1S/C23H23BrN2O4S/c1-3-30-21-6-4-5-19(15-21)25-23(27)16-26(20-11-9-18(24)10-12-20)31(28,29)22-13-7-17(2)8-14-22/h4-15H,3,16H2,1-2H3,(H,25,27). The number of carbonyl (C=O) groups excluding carboxylic acids is 1. The first-order valence-electron chi connectivity index (χ1n) is 9.67. The zero-order chi connectivity index (χ0) is 22.4. The topological polar surface area (TPSA) is 75.7 Å². The number of aryl methyl sites for hydroxylation is 1. The van der Waals surface area contributed by atoms with Crippen molar-refractivity contribution >= 4 is 43.2 Å². The lowest BCUT2D eigenvalue weighted by Gasteiger charge is -2.24. The maximum absolute atomic E-state index is 13.4. The van der Waals surface area contributed by atoms with Crippen LogP contribution in [-0.2, 0) is 14.8 Å². The lowest BCUT2D eigenvalue weighted by atomic mass is 10.2.